The van der Waals surface area contributed by atoms with Gasteiger partial charge in [0.05, 0.1) is 0 Å². The molecule has 0 bridgehead atoms. The second-order valence-corrected chi connectivity index (χ2v) is 5.80. The minimum atomic E-state index is 0.209. The third kappa shape index (κ3) is 3.34. The zero-order chi connectivity index (χ0) is 14.0. The zero-order valence-corrected chi connectivity index (χ0v) is 12.4. The van der Waals surface area contributed by atoms with Crippen molar-refractivity contribution in [3.05, 3.63) is 47.5 Å². The number of hydrogen-bond donors (Lipinski definition) is 1. The highest BCUT2D eigenvalue weighted by Crippen LogP contribution is 2.27. The van der Waals surface area contributed by atoms with Crippen molar-refractivity contribution in [3.63, 3.8) is 0 Å². The Morgan fingerprint density at radius 1 is 1.05 bits per heavy atom. The molecule has 2 heteroatoms. The van der Waals surface area contributed by atoms with E-state index in [1.54, 1.807) is 0 Å². The SMILES string of the molecule is Cc1ccc2cc(C(CC(C)N)N(C)C)ccc2c1. The molecule has 0 heterocycles. The summed E-state index contributed by atoms with van der Waals surface area (Å²) in [7, 11) is 4.23. The molecule has 2 aromatic carbocycles. The van der Waals surface area contributed by atoms with Crippen LogP contribution >= 0.6 is 0 Å². The standard InChI is InChI=1S/C17H24N2/c1-12-5-6-15-11-16(8-7-14(15)9-12)17(19(3)4)10-13(2)18/h5-9,11,13,17H,10,18H2,1-4H3. The minimum Gasteiger partial charge on any atom is -0.328 e. The number of rotatable bonds is 4. The largest absolute Gasteiger partial charge is 0.328 e. The second-order valence-electron chi connectivity index (χ2n) is 5.80. The van der Waals surface area contributed by atoms with Crippen LogP contribution in [0.25, 0.3) is 10.8 Å². The average Bonchev–Trinajstić information content (AvgIpc) is 2.35. The van der Waals surface area contributed by atoms with Crippen LogP contribution in [0.2, 0.25) is 0 Å². The maximum Gasteiger partial charge on any atom is 0.0356 e. The van der Waals surface area contributed by atoms with Gasteiger partial charge < -0.3 is 10.6 Å². The van der Waals surface area contributed by atoms with Crippen molar-refractivity contribution in [2.24, 2.45) is 5.73 Å². The molecule has 0 radical (unpaired) electrons. The number of aryl methyl sites for hydroxylation is 1. The molecule has 2 N–H and O–H groups in total. The van der Waals surface area contributed by atoms with E-state index in [-0.39, 0.29) is 6.04 Å². The van der Waals surface area contributed by atoms with E-state index < -0.39 is 0 Å². The molecule has 0 aliphatic heterocycles. The van der Waals surface area contributed by atoms with Crippen molar-refractivity contribution in [2.45, 2.75) is 32.4 Å². The first-order valence-corrected chi connectivity index (χ1v) is 6.89. The zero-order valence-electron chi connectivity index (χ0n) is 12.4. The van der Waals surface area contributed by atoms with E-state index in [9.17, 15) is 0 Å². The molecule has 0 amide bonds. The number of benzene rings is 2. The summed E-state index contributed by atoms with van der Waals surface area (Å²) in [4.78, 5) is 2.25. The van der Waals surface area contributed by atoms with Gasteiger partial charge in [-0.3, -0.25) is 0 Å². The van der Waals surface area contributed by atoms with Crippen LogP contribution in [-0.4, -0.2) is 25.0 Å². The van der Waals surface area contributed by atoms with Gasteiger partial charge in [0.2, 0.25) is 0 Å². The van der Waals surface area contributed by atoms with Crippen molar-refractivity contribution in [3.8, 4) is 0 Å². The Bertz CT molecular complexity index is 558. The van der Waals surface area contributed by atoms with Gasteiger partial charge in [0.15, 0.2) is 0 Å². The van der Waals surface area contributed by atoms with Crippen LogP contribution in [0.3, 0.4) is 0 Å². The molecule has 2 atom stereocenters. The van der Waals surface area contributed by atoms with Gasteiger partial charge in [-0.15, -0.1) is 0 Å². The Morgan fingerprint density at radius 3 is 2.32 bits per heavy atom. The van der Waals surface area contributed by atoms with Gasteiger partial charge in [0.25, 0.3) is 0 Å². The molecule has 2 rings (SSSR count). The van der Waals surface area contributed by atoms with Gasteiger partial charge in [0, 0.05) is 12.1 Å². The van der Waals surface area contributed by atoms with Crippen LogP contribution in [0.1, 0.15) is 30.5 Å². The number of nitrogens with zero attached hydrogens (tertiary/aromatic N) is 1. The monoisotopic (exact) mass is 256 g/mol. The predicted octanol–water partition coefficient (Wildman–Crippen LogP) is 3.49. The lowest BCUT2D eigenvalue weighted by atomic mass is 9.96. The summed E-state index contributed by atoms with van der Waals surface area (Å²) in [5.74, 6) is 0. The fraction of sp³-hybridized carbons (Fsp3) is 0.412. The van der Waals surface area contributed by atoms with Crippen molar-refractivity contribution in [2.75, 3.05) is 14.1 Å². The molecule has 0 fully saturated rings. The van der Waals surface area contributed by atoms with E-state index in [4.69, 9.17) is 5.73 Å². The van der Waals surface area contributed by atoms with E-state index in [2.05, 4.69) is 69.2 Å². The Balaban J connectivity index is 2.40. The Kier molecular flexibility index (Phi) is 4.23. The van der Waals surface area contributed by atoms with Gasteiger partial charge in [-0.2, -0.15) is 0 Å². The maximum absolute atomic E-state index is 5.97. The molecule has 2 unspecified atom stereocenters. The molecular weight excluding hydrogens is 232 g/mol. The van der Waals surface area contributed by atoms with Gasteiger partial charge in [-0.05, 0) is 56.8 Å². The average molecular weight is 256 g/mol. The van der Waals surface area contributed by atoms with E-state index in [1.807, 2.05) is 0 Å². The van der Waals surface area contributed by atoms with Crippen molar-refractivity contribution in [1.82, 2.24) is 4.90 Å². The Labute approximate surface area is 116 Å². The molecular formula is C17H24N2. The molecule has 0 aliphatic rings. The topological polar surface area (TPSA) is 29.3 Å². The van der Waals surface area contributed by atoms with Gasteiger partial charge in [-0.1, -0.05) is 35.9 Å². The van der Waals surface area contributed by atoms with Crippen molar-refractivity contribution in [1.29, 1.82) is 0 Å². The molecule has 19 heavy (non-hydrogen) atoms. The predicted molar refractivity (Wildman–Crippen MR) is 83.4 cm³/mol. The summed E-state index contributed by atoms with van der Waals surface area (Å²) in [6, 6.07) is 13.9. The van der Waals surface area contributed by atoms with E-state index in [0.29, 0.717) is 6.04 Å². The Morgan fingerprint density at radius 2 is 1.68 bits per heavy atom. The van der Waals surface area contributed by atoms with Gasteiger partial charge in [-0.25, -0.2) is 0 Å². The third-order valence-electron chi connectivity index (χ3n) is 3.62. The fourth-order valence-electron chi connectivity index (χ4n) is 2.59. The second kappa shape index (κ2) is 5.72. The summed E-state index contributed by atoms with van der Waals surface area (Å²) in [6.45, 7) is 4.20. The summed E-state index contributed by atoms with van der Waals surface area (Å²) in [5.41, 5.74) is 8.63. The van der Waals surface area contributed by atoms with Gasteiger partial charge >= 0.3 is 0 Å². The maximum atomic E-state index is 5.97. The first-order valence-electron chi connectivity index (χ1n) is 6.89. The summed E-state index contributed by atoms with van der Waals surface area (Å²) in [6.07, 6.45) is 0.977. The van der Waals surface area contributed by atoms with Crippen LogP contribution in [0.15, 0.2) is 36.4 Å². The fourth-order valence-corrected chi connectivity index (χ4v) is 2.59. The summed E-state index contributed by atoms with van der Waals surface area (Å²) >= 11 is 0. The highest BCUT2D eigenvalue weighted by Gasteiger charge is 2.16. The number of nitrogens with two attached hydrogens (primary N) is 1. The molecule has 0 aromatic heterocycles. The quantitative estimate of drug-likeness (QED) is 0.907. The molecule has 0 saturated heterocycles. The van der Waals surface area contributed by atoms with E-state index in [1.165, 1.54) is 21.9 Å². The van der Waals surface area contributed by atoms with E-state index in [0.717, 1.165) is 6.42 Å². The van der Waals surface area contributed by atoms with Crippen molar-refractivity contribution < 1.29 is 0 Å². The lowest BCUT2D eigenvalue weighted by Gasteiger charge is -2.26. The Hall–Kier alpha value is -1.38. The van der Waals surface area contributed by atoms with Crippen LogP contribution in [-0.2, 0) is 0 Å². The van der Waals surface area contributed by atoms with Crippen LogP contribution in [0.5, 0.6) is 0 Å². The molecule has 2 aromatic rings. The van der Waals surface area contributed by atoms with Crippen LogP contribution < -0.4 is 5.73 Å². The molecule has 102 valence electrons. The normalized spacial score (nSPS) is 14.8. The highest BCUT2D eigenvalue weighted by atomic mass is 15.1. The van der Waals surface area contributed by atoms with Crippen molar-refractivity contribution >= 4 is 10.8 Å². The summed E-state index contributed by atoms with van der Waals surface area (Å²) in [5, 5.41) is 2.61. The molecule has 2 nitrogen and oxygen atoms in total. The number of hydrogen-bond acceptors (Lipinski definition) is 2. The lowest BCUT2D eigenvalue weighted by Crippen LogP contribution is -2.27. The van der Waals surface area contributed by atoms with Crippen LogP contribution in [0.4, 0.5) is 0 Å². The lowest BCUT2D eigenvalue weighted by molar-refractivity contribution is 0.272. The smallest absolute Gasteiger partial charge is 0.0356 e. The third-order valence-corrected chi connectivity index (χ3v) is 3.62. The molecule has 0 spiro atoms. The molecule has 0 saturated carbocycles. The summed E-state index contributed by atoms with van der Waals surface area (Å²) < 4.78 is 0. The minimum absolute atomic E-state index is 0.209. The first kappa shape index (κ1) is 14.0. The van der Waals surface area contributed by atoms with E-state index >= 15 is 0 Å². The van der Waals surface area contributed by atoms with Crippen LogP contribution in [0, 0.1) is 6.92 Å². The molecule has 0 aliphatic carbocycles. The number of fused-ring (bicyclic) bond motifs is 1. The highest BCUT2D eigenvalue weighted by molar-refractivity contribution is 5.83. The van der Waals surface area contributed by atoms with Gasteiger partial charge in [0.1, 0.15) is 0 Å². The first-order chi connectivity index (χ1) is 8.97.